The molecule has 3 heterocycles. The number of urea groups is 1. The van der Waals surface area contributed by atoms with Crippen molar-refractivity contribution in [2.24, 2.45) is 0 Å². The number of pyridine rings is 1. The van der Waals surface area contributed by atoms with Crippen LogP contribution in [-0.4, -0.2) is 30.5 Å². The van der Waals surface area contributed by atoms with E-state index in [-0.39, 0.29) is 29.5 Å². The van der Waals surface area contributed by atoms with Crippen molar-refractivity contribution in [3.05, 3.63) is 53.0 Å². The fourth-order valence-electron chi connectivity index (χ4n) is 3.15. The summed E-state index contributed by atoms with van der Waals surface area (Å²) in [5, 5.41) is 3.18. The first-order chi connectivity index (χ1) is 14.6. The molecule has 7 nitrogen and oxygen atoms in total. The molecule has 0 radical (unpaired) electrons. The van der Waals surface area contributed by atoms with Crippen molar-refractivity contribution in [1.82, 2.24) is 4.98 Å². The lowest BCUT2D eigenvalue weighted by Crippen LogP contribution is -2.48. The number of fused-ring (bicyclic) bond motifs is 1. The Morgan fingerprint density at radius 3 is 2.71 bits per heavy atom. The van der Waals surface area contributed by atoms with E-state index in [1.807, 2.05) is 6.92 Å². The van der Waals surface area contributed by atoms with Gasteiger partial charge in [-0.15, -0.1) is 0 Å². The molecule has 0 saturated carbocycles. The van der Waals surface area contributed by atoms with Gasteiger partial charge in [0.15, 0.2) is 5.82 Å². The molecule has 0 aliphatic carbocycles. The van der Waals surface area contributed by atoms with Gasteiger partial charge in [-0.2, -0.15) is 18.5 Å². The number of anilines is 3. The minimum absolute atomic E-state index is 0.183. The number of nitrogens with zero attached hydrogens (tertiary/aromatic N) is 3. The second-order valence-electron chi connectivity index (χ2n) is 6.92. The second-order valence-corrected chi connectivity index (χ2v) is 8.17. The highest BCUT2D eigenvalue weighted by molar-refractivity contribution is 7.15. The zero-order valence-electron chi connectivity index (χ0n) is 16.4. The molecule has 2 N–H and O–H groups in total. The number of benzene rings is 1. The Morgan fingerprint density at radius 2 is 2.03 bits per heavy atom. The Kier molecular flexibility index (Phi) is 5.13. The second kappa shape index (κ2) is 7.65. The summed E-state index contributed by atoms with van der Waals surface area (Å²) in [7, 11) is 1.55. The van der Waals surface area contributed by atoms with Gasteiger partial charge in [0.1, 0.15) is 12.7 Å². The molecule has 3 aromatic rings. The smallest absolute Gasteiger partial charge is 0.311 e. The van der Waals surface area contributed by atoms with Crippen LogP contribution in [0.1, 0.15) is 10.4 Å². The van der Waals surface area contributed by atoms with Crippen molar-refractivity contribution in [3.8, 4) is 11.3 Å². The fourth-order valence-corrected chi connectivity index (χ4v) is 3.84. The number of H-pyrrole nitrogens is 1. The lowest BCUT2D eigenvalue weighted by atomic mass is 10.1. The minimum atomic E-state index is -4.49. The summed E-state index contributed by atoms with van der Waals surface area (Å²) >= 11 is 1.33. The largest absolute Gasteiger partial charge is 0.416 e. The van der Waals surface area contributed by atoms with Gasteiger partial charge in [0.05, 0.1) is 16.9 Å². The van der Waals surface area contributed by atoms with Gasteiger partial charge in [0.25, 0.3) is 0 Å². The monoisotopic (exact) mass is 448 g/mol. The van der Waals surface area contributed by atoms with Crippen molar-refractivity contribution >= 4 is 39.9 Å². The normalized spacial score (nSPS) is 13.9. The number of hydrogen-bond acceptors (Lipinski definition) is 4. The topological polar surface area (TPSA) is 79.7 Å². The zero-order chi connectivity index (χ0) is 22.3. The van der Waals surface area contributed by atoms with E-state index in [0.29, 0.717) is 10.8 Å². The maximum absolute atomic E-state index is 13.1. The number of rotatable bonds is 2. The Morgan fingerprint density at radius 1 is 1.26 bits per heavy atom. The molecule has 4 rings (SSSR count). The van der Waals surface area contributed by atoms with Crippen molar-refractivity contribution in [2.45, 2.75) is 13.1 Å². The molecular weight excluding hydrogens is 431 g/mol. The quantitative estimate of drug-likeness (QED) is 0.644. The third-order valence-corrected chi connectivity index (χ3v) is 5.62. The predicted molar refractivity (Wildman–Crippen MR) is 110 cm³/mol. The van der Waals surface area contributed by atoms with E-state index in [1.165, 1.54) is 39.3 Å². The van der Waals surface area contributed by atoms with Gasteiger partial charge in [0, 0.05) is 17.5 Å². The number of hydrogen-bond donors (Lipinski definition) is 1. The van der Waals surface area contributed by atoms with E-state index >= 15 is 0 Å². The lowest BCUT2D eigenvalue weighted by molar-refractivity contribution is -0.354. The van der Waals surface area contributed by atoms with Gasteiger partial charge >= 0.3 is 17.3 Å². The van der Waals surface area contributed by atoms with Crippen LogP contribution in [-0.2, 0) is 11.0 Å². The summed E-state index contributed by atoms with van der Waals surface area (Å²) in [4.78, 5) is 36.1. The highest BCUT2D eigenvalue weighted by Gasteiger charge is 2.35. The lowest BCUT2D eigenvalue weighted by Gasteiger charge is -2.31. The van der Waals surface area contributed by atoms with E-state index in [1.54, 1.807) is 19.3 Å². The van der Waals surface area contributed by atoms with Crippen LogP contribution in [0.3, 0.4) is 0 Å². The third kappa shape index (κ3) is 4.08. The molecule has 11 heteroatoms. The first-order valence-electron chi connectivity index (χ1n) is 9.15. The van der Waals surface area contributed by atoms with Crippen molar-refractivity contribution < 1.29 is 27.7 Å². The number of likely N-dealkylation sites (N-methyl/N-ethyl adjacent to an activating group) is 1. The van der Waals surface area contributed by atoms with E-state index in [0.717, 1.165) is 17.0 Å². The number of carbonyl (C=O) groups excluding carboxylic acids is 2. The standard InChI is InChI=1S/C20H16F3N5O2S/c1-11-9-24-18(31-11)26-19(30)28-10-16(29)27(2)15-7-6-14(25-17(15)28)12-4-3-5-13(8-12)20(21,22)23/h3-9H,10H2,1-2H3,(H,24,26,30)/p+1. The summed E-state index contributed by atoms with van der Waals surface area (Å²) < 4.78 is 39.3. The van der Waals surface area contributed by atoms with Gasteiger partial charge in [-0.25, -0.2) is 19.7 Å². The number of amides is 3. The van der Waals surface area contributed by atoms with E-state index < -0.39 is 17.8 Å². The third-order valence-electron chi connectivity index (χ3n) is 4.76. The number of carbonyl (C=O) groups is 2. The molecule has 0 unspecified atom stereocenters. The molecule has 0 fully saturated rings. The van der Waals surface area contributed by atoms with Crippen LogP contribution in [0.4, 0.5) is 34.6 Å². The molecule has 0 bridgehead atoms. The Bertz CT molecular complexity index is 1180. The predicted octanol–water partition coefficient (Wildman–Crippen LogP) is 3.97. The molecule has 1 aliphatic heterocycles. The summed E-state index contributed by atoms with van der Waals surface area (Å²) in [5.74, 6) is -0.134. The van der Waals surface area contributed by atoms with Crippen molar-refractivity contribution in [2.75, 3.05) is 28.7 Å². The van der Waals surface area contributed by atoms with Crippen molar-refractivity contribution in [1.29, 1.82) is 0 Å². The van der Waals surface area contributed by atoms with Gasteiger partial charge < -0.3 is 4.90 Å². The molecule has 0 saturated heterocycles. The van der Waals surface area contributed by atoms with Gasteiger partial charge in [-0.3, -0.25) is 4.79 Å². The Hall–Kier alpha value is -3.47. The zero-order valence-corrected chi connectivity index (χ0v) is 17.3. The number of nitrogens with one attached hydrogen (secondary N) is 2. The molecule has 3 amide bonds. The number of alkyl halides is 3. The molecule has 31 heavy (non-hydrogen) atoms. The molecule has 160 valence electrons. The number of aromatic nitrogens is 2. The SMILES string of the molecule is Cc1c[nH+]c(NC(=O)N2CC(=O)N(C)c3ccc(-c4cccc(C(F)(F)F)c4)nc32)s1. The average Bonchev–Trinajstić information content (AvgIpc) is 3.14. The number of thiazole rings is 1. The van der Waals surface area contributed by atoms with Gasteiger partial charge in [-0.05, 0) is 31.2 Å². The van der Waals surface area contributed by atoms with Gasteiger partial charge in [-0.1, -0.05) is 23.5 Å². The highest BCUT2D eigenvalue weighted by atomic mass is 32.1. The fraction of sp³-hybridized carbons (Fsp3) is 0.200. The first-order valence-corrected chi connectivity index (χ1v) is 9.97. The van der Waals surface area contributed by atoms with Gasteiger partial charge in [0.2, 0.25) is 5.91 Å². The van der Waals surface area contributed by atoms with Crippen LogP contribution in [0.25, 0.3) is 11.3 Å². The molecule has 1 aromatic carbocycles. The highest BCUT2D eigenvalue weighted by Crippen LogP contribution is 2.36. The van der Waals surface area contributed by atoms with Crippen LogP contribution in [0.2, 0.25) is 0 Å². The first kappa shape index (κ1) is 20.8. The summed E-state index contributed by atoms with van der Waals surface area (Å²) in [6, 6.07) is 7.30. The van der Waals surface area contributed by atoms with Crippen LogP contribution in [0.5, 0.6) is 0 Å². The number of halogens is 3. The Balaban J connectivity index is 1.73. The molecule has 0 spiro atoms. The Labute approximate surface area is 179 Å². The van der Waals surface area contributed by atoms with Crippen molar-refractivity contribution in [3.63, 3.8) is 0 Å². The van der Waals surface area contributed by atoms with Crippen LogP contribution in [0.15, 0.2) is 42.6 Å². The molecular formula is C20H17F3N5O2S+. The molecule has 2 aromatic heterocycles. The molecule has 1 aliphatic rings. The van der Waals surface area contributed by atoms with Crippen LogP contribution in [0, 0.1) is 6.92 Å². The van der Waals surface area contributed by atoms with E-state index in [2.05, 4.69) is 15.3 Å². The molecule has 0 atom stereocenters. The van der Waals surface area contributed by atoms with Crippen LogP contribution < -0.4 is 20.1 Å². The minimum Gasteiger partial charge on any atom is -0.311 e. The summed E-state index contributed by atoms with van der Waals surface area (Å²) in [6.07, 6.45) is -2.76. The van der Waals surface area contributed by atoms with E-state index in [9.17, 15) is 22.8 Å². The number of aryl methyl sites for hydroxylation is 1. The maximum Gasteiger partial charge on any atom is 0.416 e. The summed E-state index contributed by atoms with van der Waals surface area (Å²) in [6.45, 7) is 1.62. The van der Waals surface area contributed by atoms with Crippen LogP contribution >= 0.6 is 11.3 Å². The number of aromatic amines is 1. The summed E-state index contributed by atoms with van der Waals surface area (Å²) in [5.41, 5.74) is 0.0900. The maximum atomic E-state index is 13.1. The van der Waals surface area contributed by atoms with E-state index in [4.69, 9.17) is 0 Å². The average molecular weight is 448 g/mol.